The van der Waals surface area contributed by atoms with Gasteiger partial charge in [0.05, 0.1) is 10.8 Å². The average Bonchev–Trinajstić information content (AvgIpc) is 2.90. The number of pyridine rings is 1. The number of rotatable bonds is 10. The van der Waals surface area contributed by atoms with Crippen LogP contribution in [0.2, 0.25) is 10.0 Å². The molecular formula is C27H38Cl2FN5O2S. The van der Waals surface area contributed by atoms with Gasteiger partial charge in [-0.15, -0.1) is 0 Å². The number of piperazine rings is 1. The highest BCUT2D eigenvalue weighted by atomic mass is 35.5. The summed E-state index contributed by atoms with van der Waals surface area (Å²) in [5.41, 5.74) is 1.44. The molecule has 11 heteroatoms. The van der Waals surface area contributed by atoms with Crippen LogP contribution in [0.1, 0.15) is 50.7 Å². The summed E-state index contributed by atoms with van der Waals surface area (Å²) < 4.78 is 40.3. The molecule has 0 saturated carbocycles. The molecule has 7 nitrogen and oxygen atoms in total. The lowest BCUT2D eigenvalue weighted by Gasteiger charge is -2.48. The summed E-state index contributed by atoms with van der Waals surface area (Å²) in [5, 5.41) is 0.975. The van der Waals surface area contributed by atoms with Crippen LogP contribution in [0.15, 0.2) is 30.5 Å². The maximum absolute atomic E-state index is 14.3. The number of anilines is 1. The number of nitrogens with zero attached hydrogens (tertiary/aromatic N) is 4. The maximum Gasteiger partial charge on any atom is 0.211 e. The van der Waals surface area contributed by atoms with Crippen LogP contribution in [0.25, 0.3) is 0 Å². The van der Waals surface area contributed by atoms with E-state index in [1.807, 2.05) is 6.07 Å². The highest BCUT2D eigenvalue weighted by Gasteiger charge is 2.34. The Balaban J connectivity index is 1.34. The lowest BCUT2D eigenvalue weighted by atomic mass is 9.97. The minimum atomic E-state index is -3.28. The largest absolute Gasteiger partial charge is 0.353 e. The molecule has 2 aromatic rings. The third-order valence-corrected chi connectivity index (χ3v) is 9.50. The van der Waals surface area contributed by atoms with Crippen molar-refractivity contribution in [3.8, 4) is 0 Å². The lowest BCUT2D eigenvalue weighted by molar-refractivity contribution is 0.0587. The predicted octanol–water partition coefficient (Wildman–Crippen LogP) is 4.92. The Bertz CT molecular complexity index is 1190. The number of benzene rings is 1. The monoisotopic (exact) mass is 585 g/mol. The Kier molecular flexibility index (Phi) is 10.3. The Morgan fingerprint density at radius 1 is 1.11 bits per heavy atom. The molecule has 0 unspecified atom stereocenters. The third kappa shape index (κ3) is 7.58. The molecule has 1 aromatic carbocycles. The van der Waals surface area contributed by atoms with Crippen LogP contribution < -0.4 is 9.62 Å². The smallest absolute Gasteiger partial charge is 0.211 e. The number of halogens is 3. The SMILES string of the molecule is CCC[C@H]1CN(c2ncc(CNS(=O)(=O)CC)cc2Cl)CCN1C1CCN(Cc2ccc(Cl)cc2F)CC1. The predicted molar refractivity (Wildman–Crippen MR) is 153 cm³/mol. The lowest BCUT2D eigenvalue weighted by Crippen LogP contribution is -2.58. The van der Waals surface area contributed by atoms with Gasteiger partial charge in [-0.3, -0.25) is 9.80 Å². The van der Waals surface area contributed by atoms with E-state index in [1.54, 1.807) is 25.3 Å². The molecule has 0 aliphatic carbocycles. The van der Waals surface area contributed by atoms with Crippen LogP contribution in [0.4, 0.5) is 10.2 Å². The second-order valence-electron chi connectivity index (χ2n) is 10.2. The van der Waals surface area contributed by atoms with Crippen molar-refractivity contribution in [2.24, 2.45) is 0 Å². The van der Waals surface area contributed by atoms with Crippen molar-refractivity contribution in [1.29, 1.82) is 0 Å². The van der Waals surface area contributed by atoms with E-state index < -0.39 is 10.0 Å². The fourth-order valence-electron chi connectivity index (χ4n) is 5.53. The number of likely N-dealkylation sites (tertiary alicyclic amines) is 1. The molecule has 38 heavy (non-hydrogen) atoms. The number of sulfonamides is 1. The summed E-state index contributed by atoms with van der Waals surface area (Å²) in [5.74, 6) is 0.561. The second kappa shape index (κ2) is 13.2. The van der Waals surface area contributed by atoms with Gasteiger partial charge in [0.1, 0.15) is 11.6 Å². The second-order valence-corrected chi connectivity index (χ2v) is 13.2. The molecule has 0 radical (unpaired) electrons. The standard InChI is InChI=1S/C27H38Cl2FN5O2S/c1-3-5-24-19-34(27-25(29)14-20(16-31-27)17-32-38(36,37)4-2)12-13-35(24)23-8-10-33(11-9-23)18-21-6-7-22(28)15-26(21)30/h6-7,14-16,23-24,32H,3-5,8-13,17-19H2,1-2H3/t24-/m0/s1. The van der Waals surface area contributed by atoms with Crippen LogP contribution in [-0.4, -0.2) is 73.8 Å². The van der Waals surface area contributed by atoms with Crippen LogP contribution in [0.3, 0.4) is 0 Å². The van der Waals surface area contributed by atoms with Gasteiger partial charge >= 0.3 is 0 Å². The average molecular weight is 587 g/mol. The zero-order chi connectivity index (χ0) is 27.3. The van der Waals surface area contributed by atoms with E-state index in [-0.39, 0.29) is 18.1 Å². The van der Waals surface area contributed by atoms with Crippen molar-refractivity contribution in [2.45, 2.75) is 64.7 Å². The first kappa shape index (κ1) is 29.5. The van der Waals surface area contributed by atoms with Crippen molar-refractivity contribution in [2.75, 3.05) is 43.4 Å². The first-order valence-electron chi connectivity index (χ1n) is 13.5. The van der Waals surface area contributed by atoms with E-state index in [1.165, 1.54) is 6.07 Å². The van der Waals surface area contributed by atoms with Gasteiger partial charge in [0.2, 0.25) is 10.0 Å². The number of aromatic nitrogens is 1. The van der Waals surface area contributed by atoms with Gasteiger partial charge in [0, 0.05) is 61.6 Å². The highest BCUT2D eigenvalue weighted by molar-refractivity contribution is 7.89. The van der Waals surface area contributed by atoms with Crippen molar-refractivity contribution in [3.63, 3.8) is 0 Å². The molecule has 1 N–H and O–H groups in total. The van der Waals surface area contributed by atoms with Crippen molar-refractivity contribution in [3.05, 3.63) is 57.5 Å². The Hall–Kier alpha value is -1.49. The highest BCUT2D eigenvalue weighted by Crippen LogP contribution is 2.30. The molecule has 2 aliphatic heterocycles. The molecule has 4 rings (SSSR count). The molecule has 0 amide bonds. The van der Waals surface area contributed by atoms with Gasteiger partial charge in [-0.1, -0.05) is 42.6 Å². The Morgan fingerprint density at radius 2 is 1.87 bits per heavy atom. The fourth-order valence-corrected chi connectivity index (χ4v) is 6.59. The van der Waals surface area contributed by atoms with Crippen molar-refractivity contribution < 1.29 is 12.8 Å². The zero-order valence-electron chi connectivity index (χ0n) is 22.2. The van der Waals surface area contributed by atoms with Gasteiger partial charge in [0.15, 0.2) is 0 Å². The summed E-state index contributed by atoms with van der Waals surface area (Å²) in [6, 6.07) is 7.66. The minimum absolute atomic E-state index is 0.0370. The number of nitrogens with one attached hydrogen (secondary N) is 1. The van der Waals surface area contributed by atoms with Gasteiger partial charge in [-0.2, -0.15) is 0 Å². The van der Waals surface area contributed by atoms with E-state index >= 15 is 0 Å². The van der Waals surface area contributed by atoms with Crippen LogP contribution in [0.5, 0.6) is 0 Å². The minimum Gasteiger partial charge on any atom is -0.353 e. The van der Waals surface area contributed by atoms with Crippen LogP contribution in [0, 0.1) is 5.82 Å². The first-order chi connectivity index (χ1) is 18.2. The Morgan fingerprint density at radius 3 is 2.53 bits per heavy atom. The van der Waals surface area contributed by atoms with Gasteiger partial charge in [-0.25, -0.2) is 22.5 Å². The number of hydrogen-bond acceptors (Lipinski definition) is 6. The maximum atomic E-state index is 14.3. The van der Waals surface area contributed by atoms with Gasteiger partial charge in [0.25, 0.3) is 0 Å². The van der Waals surface area contributed by atoms with E-state index in [9.17, 15) is 12.8 Å². The molecule has 1 atom stereocenters. The molecule has 1 aromatic heterocycles. The van der Waals surface area contributed by atoms with E-state index in [2.05, 4.69) is 31.3 Å². The summed E-state index contributed by atoms with van der Waals surface area (Å²) in [6.45, 7) is 9.15. The van der Waals surface area contributed by atoms with Gasteiger partial charge in [-0.05, 0) is 63.0 Å². The molecule has 2 aliphatic rings. The summed E-state index contributed by atoms with van der Waals surface area (Å²) in [6.07, 6.45) is 6.04. The van der Waals surface area contributed by atoms with Crippen molar-refractivity contribution in [1.82, 2.24) is 19.5 Å². The normalized spacial score (nSPS) is 20.2. The number of piperidine rings is 1. The van der Waals surface area contributed by atoms with Crippen molar-refractivity contribution >= 4 is 39.0 Å². The third-order valence-electron chi connectivity index (χ3n) is 7.64. The molecule has 0 bridgehead atoms. The molecule has 2 fully saturated rings. The zero-order valence-corrected chi connectivity index (χ0v) is 24.5. The molecule has 210 valence electrons. The summed E-state index contributed by atoms with van der Waals surface area (Å²) in [7, 11) is -3.28. The van der Waals surface area contributed by atoms with Gasteiger partial charge < -0.3 is 4.90 Å². The fraction of sp³-hybridized carbons (Fsp3) is 0.593. The number of hydrogen-bond donors (Lipinski definition) is 1. The van der Waals surface area contributed by atoms with E-state index in [0.717, 1.165) is 69.8 Å². The molecular weight excluding hydrogens is 548 g/mol. The van der Waals surface area contributed by atoms with Crippen LogP contribution >= 0.6 is 23.2 Å². The molecule has 2 saturated heterocycles. The quantitative estimate of drug-likeness (QED) is 0.427. The van der Waals surface area contributed by atoms with E-state index in [0.29, 0.717) is 34.2 Å². The Labute approximate surface area is 236 Å². The molecule has 0 spiro atoms. The van der Waals surface area contributed by atoms with E-state index in [4.69, 9.17) is 23.2 Å². The molecule has 3 heterocycles. The van der Waals surface area contributed by atoms with Crippen LogP contribution in [-0.2, 0) is 23.1 Å². The topological polar surface area (TPSA) is 68.8 Å². The summed E-state index contributed by atoms with van der Waals surface area (Å²) in [4.78, 5) is 11.9. The summed E-state index contributed by atoms with van der Waals surface area (Å²) >= 11 is 12.5. The first-order valence-corrected chi connectivity index (χ1v) is 15.9.